The van der Waals surface area contributed by atoms with Crippen LogP contribution in [0.4, 0.5) is 8.78 Å². The predicted molar refractivity (Wildman–Crippen MR) is 129 cm³/mol. The van der Waals surface area contributed by atoms with Gasteiger partial charge in [-0.2, -0.15) is 8.78 Å². The summed E-state index contributed by atoms with van der Waals surface area (Å²) in [7, 11) is 0. The lowest BCUT2D eigenvalue weighted by Crippen LogP contribution is -2.73. The van der Waals surface area contributed by atoms with E-state index in [0.717, 1.165) is 0 Å². The van der Waals surface area contributed by atoms with E-state index in [-0.39, 0.29) is 25.8 Å². The number of hydrogen-bond acceptors (Lipinski definition) is 11. The first kappa shape index (κ1) is 34.5. The fourth-order valence-electron chi connectivity index (χ4n) is 3.63. The average molecular weight is 572 g/mol. The number of aliphatic hydroxyl groups excluding tert-OH is 4. The van der Waals surface area contributed by atoms with Crippen LogP contribution in [-0.2, 0) is 23.9 Å². The highest BCUT2D eigenvalue weighted by Gasteiger charge is 2.69. The first-order chi connectivity index (χ1) is 18.0. The molecule has 0 aromatic heterocycles. The molecular weight excluding hydrogens is 532 g/mol. The van der Waals surface area contributed by atoms with Gasteiger partial charge in [0.15, 0.2) is 0 Å². The summed E-state index contributed by atoms with van der Waals surface area (Å²) in [4.78, 5) is 48.2. The number of nitrogens with two attached hydrogens (primary N) is 1. The number of carbonyl (C=O) groups excluding carboxylic acids is 4. The van der Waals surface area contributed by atoms with Gasteiger partial charge in [0.25, 0.3) is 11.7 Å². The highest BCUT2D eigenvalue weighted by molar-refractivity contribution is 5.92. The summed E-state index contributed by atoms with van der Waals surface area (Å²) >= 11 is 0. The van der Waals surface area contributed by atoms with Crippen LogP contribution in [0, 0.1) is 0 Å². The Hall–Kier alpha value is -2.54. The summed E-state index contributed by atoms with van der Waals surface area (Å²) in [6.07, 6.45) is -8.74. The molecule has 0 bridgehead atoms. The van der Waals surface area contributed by atoms with Crippen LogP contribution in [0.15, 0.2) is 0 Å². The minimum atomic E-state index is -4.80. The molecule has 1 aliphatic rings. The van der Waals surface area contributed by atoms with Crippen molar-refractivity contribution < 1.29 is 58.2 Å². The fourth-order valence-corrected chi connectivity index (χ4v) is 3.63. The van der Waals surface area contributed by atoms with Crippen molar-refractivity contribution >= 4 is 23.6 Å². The number of halogens is 2. The van der Waals surface area contributed by atoms with E-state index >= 15 is 0 Å². The number of ether oxygens (including phenoxy) is 1. The molecule has 0 aliphatic carbocycles. The second kappa shape index (κ2) is 14.7. The Kier molecular flexibility index (Phi) is 13.0. The van der Waals surface area contributed by atoms with Crippen molar-refractivity contribution in [2.24, 2.45) is 5.73 Å². The summed E-state index contributed by atoms with van der Waals surface area (Å²) in [6.45, 7) is 3.50. The van der Waals surface area contributed by atoms with Crippen LogP contribution in [-0.4, -0.2) is 123 Å². The third kappa shape index (κ3) is 8.47. The molecule has 1 saturated heterocycles. The molecule has 0 aromatic rings. The first-order valence-corrected chi connectivity index (χ1v) is 12.4. The highest BCUT2D eigenvalue weighted by Crippen LogP contribution is 2.40. The molecule has 15 nitrogen and oxygen atoms in total. The number of alkyl halides is 2. The SMILES string of the molecule is CCNC(=O)[C@H](C)NC(=O)[C@H](C)NC(=O)[C@@H](N)CCCCNC(=O)C(F)(F)[C@]1(O)O[C@H](CO)[C@H](O)[C@H](O)[C@H]1O. The van der Waals surface area contributed by atoms with Gasteiger partial charge in [-0.3, -0.25) is 19.2 Å². The van der Waals surface area contributed by atoms with Gasteiger partial charge in [-0.15, -0.1) is 0 Å². The molecule has 39 heavy (non-hydrogen) atoms. The number of unbranched alkanes of at least 4 members (excludes halogenated alkanes) is 1. The lowest BCUT2D eigenvalue weighted by molar-refractivity contribution is -0.401. The molecule has 0 spiro atoms. The molecule has 0 unspecified atom stereocenters. The van der Waals surface area contributed by atoms with Crippen molar-refractivity contribution in [1.82, 2.24) is 21.3 Å². The quantitative estimate of drug-likeness (QED) is 0.0890. The van der Waals surface area contributed by atoms with E-state index in [2.05, 4.69) is 20.7 Å². The minimum Gasteiger partial charge on any atom is -0.394 e. The second-order valence-electron chi connectivity index (χ2n) is 9.25. The number of likely N-dealkylation sites (N-methyl/N-ethyl adjacent to an activating group) is 1. The Morgan fingerprint density at radius 3 is 2.10 bits per heavy atom. The smallest absolute Gasteiger partial charge is 0.379 e. The normalized spacial score (nSPS) is 27.6. The molecule has 226 valence electrons. The third-order valence-electron chi connectivity index (χ3n) is 6.12. The highest BCUT2D eigenvalue weighted by atomic mass is 19.3. The summed E-state index contributed by atoms with van der Waals surface area (Å²) in [6, 6.07) is -2.90. The number of rotatable bonds is 14. The van der Waals surface area contributed by atoms with E-state index in [0.29, 0.717) is 6.54 Å². The number of hydrogen-bond donors (Lipinski definition) is 10. The number of amides is 4. The second-order valence-corrected chi connectivity index (χ2v) is 9.25. The molecule has 4 amide bonds. The van der Waals surface area contributed by atoms with Crippen LogP contribution in [0.1, 0.15) is 40.0 Å². The van der Waals surface area contributed by atoms with Crippen LogP contribution >= 0.6 is 0 Å². The Morgan fingerprint density at radius 2 is 1.54 bits per heavy atom. The van der Waals surface area contributed by atoms with E-state index in [1.165, 1.54) is 13.8 Å². The largest absolute Gasteiger partial charge is 0.394 e. The van der Waals surface area contributed by atoms with E-state index in [1.807, 2.05) is 5.32 Å². The standard InChI is InChI=1S/C22H39F2N5O10/c1-4-26-17(34)10(2)28-18(35)11(3)29-19(36)12(25)7-5-6-8-27-20(37)21(23,24)22(38)16(33)15(32)14(31)13(9-30)39-22/h10-16,30-33,38H,4-9,25H2,1-3H3,(H,26,34)(H,27,37)(H,28,35)(H,29,36)/t10-,11-,12-,13+,14-,15-,16+,22+/m0/s1. The summed E-state index contributed by atoms with van der Waals surface area (Å²) in [5, 5.41) is 57.8. The van der Waals surface area contributed by atoms with Crippen molar-refractivity contribution in [2.45, 2.75) is 94.3 Å². The maximum Gasteiger partial charge on any atom is 0.379 e. The maximum absolute atomic E-state index is 14.7. The van der Waals surface area contributed by atoms with Gasteiger partial charge in [0, 0.05) is 13.1 Å². The van der Waals surface area contributed by atoms with Crippen molar-refractivity contribution in [1.29, 1.82) is 0 Å². The number of carbonyl (C=O) groups is 4. The topological polar surface area (TPSA) is 253 Å². The van der Waals surface area contributed by atoms with Crippen LogP contribution in [0.5, 0.6) is 0 Å². The Bertz CT molecular complexity index is 867. The lowest BCUT2D eigenvalue weighted by atomic mass is 9.88. The first-order valence-electron chi connectivity index (χ1n) is 12.4. The molecule has 8 atom stereocenters. The van der Waals surface area contributed by atoms with E-state index < -0.39 is 84.5 Å². The van der Waals surface area contributed by atoms with Crippen molar-refractivity contribution in [2.75, 3.05) is 19.7 Å². The average Bonchev–Trinajstić information content (AvgIpc) is 2.88. The van der Waals surface area contributed by atoms with Gasteiger partial charge >= 0.3 is 5.92 Å². The maximum atomic E-state index is 14.7. The minimum absolute atomic E-state index is 0.0514. The predicted octanol–water partition coefficient (Wildman–Crippen LogP) is -4.46. The van der Waals surface area contributed by atoms with E-state index in [4.69, 9.17) is 10.8 Å². The van der Waals surface area contributed by atoms with Crippen molar-refractivity contribution in [3.05, 3.63) is 0 Å². The molecule has 1 rings (SSSR count). The Labute approximate surface area is 223 Å². The summed E-state index contributed by atoms with van der Waals surface area (Å²) < 4.78 is 33.9. The van der Waals surface area contributed by atoms with E-state index in [1.54, 1.807) is 6.92 Å². The fraction of sp³-hybridized carbons (Fsp3) is 0.818. The lowest BCUT2D eigenvalue weighted by Gasteiger charge is -2.47. The molecule has 1 heterocycles. The molecule has 0 aromatic carbocycles. The van der Waals surface area contributed by atoms with Crippen LogP contribution in [0.2, 0.25) is 0 Å². The molecule has 0 radical (unpaired) electrons. The van der Waals surface area contributed by atoms with Gasteiger partial charge in [0.1, 0.15) is 36.5 Å². The molecule has 1 aliphatic heterocycles. The van der Waals surface area contributed by atoms with Gasteiger partial charge in [0.05, 0.1) is 12.6 Å². The van der Waals surface area contributed by atoms with E-state index in [9.17, 15) is 48.4 Å². The van der Waals surface area contributed by atoms with Crippen LogP contribution in [0.3, 0.4) is 0 Å². The zero-order chi connectivity index (χ0) is 30.1. The van der Waals surface area contributed by atoms with Gasteiger partial charge in [-0.1, -0.05) is 0 Å². The Morgan fingerprint density at radius 1 is 0.974 bits per heavy atom. The number of nitrogens with one attached hydrogen (secondary N) is 4. The molecule has 1 fully saturated rings. The molecular formula is C22H39F2N5O10. The zero-order valence-corrected chi connectivity index (χ0v) is 21.9. The van der Waals surface area contributed by atoms with Gasteiger partial charge < -0.3 is 57.3 Å². The monoisotopic (exact) mass is 571 g/mol. The van der Waals surface area contributed by atoms with Gasteiger partial charge in [0.2, 0.25) is 17.7 Å². The van der Waals surface area contributed by atoms with Crippen LogP contribution < -0.4 is 27.0 Å². The molecule has 17 heteroatoms. The molecule has 0 saturated carbocycles. The zero-order valence-electron chi connectivity index (χ0n) is 21.9. The van der Waals surface area contributed by atoms with Gasteiger partial charge in [-0.05, 0) is 40.0 Å². The van der Waals surface area contributed by atoms with Gasteiger partial charge in [-0.25, -0.2) is 0 Å². The van der Waals surface area contributed by atoms with Crippen LogP contribution in [0.25, 0.3) is 0 Å². The third-order valence-corrected chi connectivity index (χ3v) is 6.12. The summed E-state index contributed by atoms with van der Waals surface area (Å²) in [5.41, 5.74) is 5.79. The Balaban J connectivity index is 2.51. The molecule has 11 N–H and O–H groups in total. The summed E-state index contributed by atoms with van der Waals surface area (Å²) in [5.74, 6) is -12.5. The van der Waals surface area contributed by atoms with Crippen molar-refractivity contribution in [3.63, 3.8) is 0 Å². The van der Waals surface area contributed by atoms with Crippen molar-refractivity contribution in [3.8, 4) is 0 Å². The number of aliphatic hydroxyl groups is 5.